The van der Waals surface area contributed by atoms with E-state index in [0.717, 1.165) is 32.4 Å². The summed E-state index contributed by atoms with van der Waals surface area (Å²) in [6, 6.07) is 2.92. The smallest absolute Gasteiger partial charge is 0.255 e. The van der Waals surface area contributed by atoms with Crippen LogP contribution in [0.25, 0.3) is 0 Å². The number of halogens is 1. The van der Waals surface area contributed by atoms with Crippen LogP contribution >= 0.6 is 11.6 Å². The monoisotopic (exact) mass is 488 g/mol. The Morgan fingerprint density at radius 3 is 2.50 bits per heavy atom. The largest absolute Gasteiger partial charge is 0.496 e. The number of nitrogens with one attached hydrogen (secondary N) is 1. The maximum absolute atomic E-state index is 12.9. The summed E-state index contributed by atoms with van der Waals surface area (Å²) in [6.07, 6.45) is 3.58. The molecule has 2 atom stereocenters. The lowest BCUT2D eigenvalue weighted by Crippen LogP contribution is -2.55. The van der Waals surface area contributed by atoms with Gasteiger partial charge in [-0.25, -0.2) is 12.7 Å². The molecule has 180 valence electrons. The maximum Gasteiger partial charge on any atom is 0.255 e. The van der Waals surface area contributed by atoms with Crippen LogP contribution in [-0.2, 0) is 14.8 Å². The van der Waals surface area contributed by atoms with Gasteiger partial charge in [0.1, 0.15) is 5.75 Å². The van der Waals surface area contributed by atoms with Crippen LogP contribution in [0.15, 0.2) is 12.1 Å². The Kier molecular flexibility index (Phi) is 8.26. The summed E-state index contributed by atoms with van der Waals surface area (Å²) in [6.45, 7) is 3.59. The molecule has 0 bridgehead atoms. The summed E-state index contributed by atoms with van der Waals surface area (Å²) in [5, 5.41) is 3.36. The van der Waals surface area contributed by atoms with Gasteiger partial charge < -0.3 is 25.4 Å². The minimum atomic E-state index is -3.11. The number of ether oxygens (including phenoxy) is 2. The quantitative estimate of drug-likeness (QED) is 0.558. The normalized spacial score (nSPS) is 23.8. The van der Waals surface area contributed by atoms with Gasteiger partial charge >= 0.3 is 0 Å². The molecule has 11 heteroatoms. The molecule has 2 fully saturated rings. The van der Waals surface area contributed by atoms with Crippen molar-refractivity contribution < 1.29 is 22.7 Å². The van der Waals surface area contributed by atoms with Crippen molar-refractivity contribution in [2.45, 2.75) is 31.4 Å². The zero-order valence-corrected chi connectivity index (χ0v) is 20.4. The summed E-state index contributed by atoms with van der Waals surface area (Å²) in [7, 11) is 0.0221. The molecule has 2 aliphatic rings. The van der Waals surface area contributed by atoms with Crippen LogP contribution in [0.1, 0.15) is 29.6 Å². The van der Waals surface area contributed by atoms with Crippen LogP contribution < -0.4 is 15.8 Å². The van der Waals surface area contributed by atoms with E-state index in [0.29, 0.717) is 47.6 Å². The zero-order chi connectivity index (χ0) is 23.5. The highest BCUT2D eigenvalue weighted by Gasteiger charge is 2.33. The van der Waals surface area contributed by atoms with Crippen molar-refractivity contribution in [1.82, 2.24) is 14.5 Å². The molecule has 0 spiro atoms. The fourth-order valence-corrected chi connectivity index (χ4v) is 5.54. The van der Waals surface area contributed by atoms with Crippen molar-refractivity contribution >= 4 is 33.2 Å². The van der Waals surface area contributed by atoms with E-state index in [2.05, 4.69) is 10.2 Å². The molecule has 0 saturated carbocycles. The molecule has 2 saturated heterocycles. The summed E-state index contributed by atoms with van der Waals surface area (Å²) in [5.74, 6) is 0.548. The Hall–Kier alpha value is -1.59. The lowest BCUT2D eigenvalue weighted by atomic mass is 9.94. The Bertz CT molecular complexity index is 921. The van der Waals surface area contributed by atoms with Gasteiger partial charge in [0, 0.05) is 45.9 Å². The Morgan fingerprint density at radius 1 is 1.22 bits per heavy atom. The third kappa shape index (κ3) is 6.05. The number of carbonyl (C=O) groups is 1. The van der Waals surface area contributed by atoms with E-state index in [9.17, 15) is 13.2 Å². The summed E-state index contributed by atoms with van der Waals surface area (Å²) in [4.78, 5) is 15.3. The van der Waals surface area contributed by atoms with Crippen molar-refractivity contribution in [2.75, 3.05) is 58.9 Å². The van der Waals surface area contributed by atoms with Gasteiger partial charge in [0.2, 0.25) is 10.0 Å². The van der Waals surface area contributed by atoms with Crippen molar-refractivity contribution in [3.05, 3.63) is 22.7 Å². The Labute approximate surface area is 195 Å². The lowest BCUT2D eigenvalue weighted by Gasteiger charge is -2.40. The molecule has 1 aromatic rings. The number of nitrogen functional groups attached to an aromatic ring is 1. The number of anilines is 1. The lowest BCUT2D eigenvalue weighted by molar-refractivity contribution is -0.000137. The minimum absolute atomic E-state index is 0.142. The van der Waals surface area contributed by atoms with Crippen LogP contribution in [0, 0.1) is 5.92 Å². The number of nitrogens with two attached hydrogens (primary N) is 1. The first-order valence-electron chi connectivity index (χ1n) is 10.8. The first kappa shape index (κ1) is 25.0. The second-order valence-corrected chi connectivity index (χ2v) is 11.0. The number of amides is 1. The molecule has 0 aliphatic carbocycles. The van der Waals surface area contributed by atoms with Crippen LogP contribution in [0.4, 0.5) is 5.69 Å². The van der Waals surface area contributed by atoms with Gasteiger partial charge in [0.15, 0.2) is 0 Å². The first-order chi connectivity index (χ1) is 15.1. The van der Waals surface area contributed by atoms with Crippen molar-refractivity contribution in [2.24, 2.45) is 5.92 Å². The maximum atomic E-state index is 12.9. The van der Waals surface area contributed by atoms with Gasteiger partial charge in [-0.1, -0.05) is 11.6 Å². The number of hydrogen-bond donors (Lipinski definition) is 2. The van der Waals surface area contributed by atoms with Crippen molar-refractivity contribution in [1.29, 1.82) is 0 Å². The van der Waals surface area contributed by atoms with E-state index in [1.54, 1.807) is 17.5 Å². The summed E-state index contributed by atoms with van der Waals surface area (Å²) < 4.78 is 36.0. The van der Waals surface area contributed by atoms with E-state index in [1.165, 1.54) is 19.4 Å². The second-order valence-electron chi connectivity index (χ2n) is 8.58. The van der Waals surface area contributed by atoms with Gasteiger partial charge in [-0.05, 0) is 31.2 Å². The standard InChI is InChI=1S/C21H33ClN4O5S/c1-30-19-11-17(23)16(22)10-15(19)21(27)24-18-6-7-25(13-20(18)31-2)12-14-4-8-26(9-5-14)32(3,28)29/h10-11,14,18,20H,4-9,12-13,23H2,1-3H3,(H,24,27)/t18-,20+/m0/s1. The Balaban J connectivity index is 1.56. The number of rotatable bonds is 7. The van der Waals surface area contributed by atoms with E-state index in [-0.39, 0.29) is 18.1 Å². The van der Waals surface area contributed by atoms with Crippen LogP contribution in [0.3, 0.4) is 0 Å². The van der Waals surface area contributed by atoms with Crippen LogP contribution in [0.2, 0.25) is 5.02 Å². The molecule has 3 rings (SSSR count). The average Bonchev–Trinajstić information content (AvgIpc) is 2.76. The van der Waals surface area contributed by atoms with E-state index >= 15 is 0 Å². The average molecular weight is 489 g/mol. The zero-order valence-electron chi connectivity index (χ0n) is 18.8. The Morgan fingerprint density at radius 2 is 1.91 bits per heavy atom. The topological polar surface area (TPSA) is 114 Å². The molecule has 1 amide bonds. The van der Waals surface area contributed by atoms with Gasteiger partial charge in [0.05, 0.1) is 41.8 Å². The molecule has 0 unspecified atom stereocenters. The first-order valence-corrected chi connectivity index (χ1v) is 13.0. The predicted octanol–water partition coefficient (Wildman–Crippen LogP) is 1.42. The fraction of sp³-hybridized carbons (Fsp3) is 0.667. The van der Waals surface area contributed by atoms with E-state index in [1.807, 2.05) is 0 Å². The van der Waals surface area contributed by atoms with E-state index in [4.69, 9.17) is 26.8 Å². The highest BCUT2D eigenvalue weighted by molar-refractivity contribution is 7.88. The van der Waals surface area contributed by atoms with E-state index < -0.39 is 10.0 Å². The number of methoxy groups -OCH3 is 2. The third-order valence-corrected chi connectivity index (χ3v) is 8.02. The van der Waals surface area contributed by atoms with Crippen molar-refractivity contribution in [3.63, 3.8) is 0 Å². The number of piperidine rings is 2. The molecule has 0 radical (unpaired) electrons. The molecular weight excluding hydrogens is 456 g/mol. The molecule has 2 aliphatic heterocycles. The van der Waals surface area contributed by atoms with Crippen molar-refractivity contribution in [3.8, 4) is 5.75 Å². The second kappa shape index (κ2) is 10.6. The SMILES string of the molecule is COc1cc(N)c(Cl)cc1C(=O)N[C@H]1CCN(CC2CCN(S(C)(=O)=O)CC2)C[C@H]1OC. The number of hydrogen-bond acceptors (Lipinski definition) is 7. The predicted molar refractivity (Wildman–Crippen MR) is 125 cm³/mol. The minimum Gasteiger partial charge on any atom is -0.496 e. The molecular formula is C21H33ClN4O5S. The number of benzene rings is 1. The number of likely N-dealkylation sites (tertiary alicyclic amines) is 1. The number of carbonyl (C=O) groups excluding carboxylic acids is 1. The molecule has 9 nitrogen and oxygen atoms in total. The fourth-order valence-electron chi connectivity index (χ4n) is 4.50. The number of nitrogens with zero attached hydrogens (tertiary/aromatic N) is 2. The van der Waals surface area contributed by atoms with Crippen LogP contribution in [0.5, 0.6) is 5.75 Å². The van der Waals surface area contributed by atoms with Gasteiger partial charge in [0.25, 0.3) is 5.91 Å². The molecule has 3 N–H and O–H groups in total. The van der Waals surface area contributed by atoms with Gasteiger partial charge in [-0.2, -0.15) is 0 Å². The highest BCUT2D eigenvalue weighted by Crippen LogP contribution is 2.29. The van der Waals surface area contributed by atoms with Gasteiger partial charge in [-0.15, -0.1) is 0 Å². The molecule has 2 heterocycles. The molecule has 0 aromatic heterocycles. The summed E-state index contributed by atoms with van der Waals surface area (Å²) >= 11 is 6.10. The third-order valence-electron chi connectivity index (χ3n) is 6.38. The highest BCUT2D eigenvalue weighted by atomic mass is 35.5. The van der Waals surface area contributed by atoms with Gasteiger partial charge in [-0.3, -0.25) is 4.79 Å². The number of sulfonamides is 1. The van der Waals surface area contributed by atoms with Crippen LogP contribution in [-0.4, -0.2) is 88.9 Å². The molecule has 1 aromatic carbocycles. The molecule has 32 heavy (non-hydrogen) atoms. The summed E-state index contributed by atoms with van der Waals surface area (Å²) in [5.41, 5.74) is 6.50.